The van der Waals surface area contributed by atoms with Gasteiger partial charge in [-0.15, -0.1) is 0 Å². The van der Waals surface area contributed by atoms with Crippen molar-refractivity contribution in [3.8, 4) is 11.5 Å². The molecule has 7 nitrogen and oxygen atoms in total. The van der Waals surface area contributed by atoms with Gasteiger partial charge in [0, 0.05) is 31.0 Å². The number of amides is 1. The molecular weight excluding hydrogens is 380 g/mol. The summed E-state index contributed by atoms with van der Waals surface area (Å²) in [4.78, 5) is 16.5. The number of hydrogen-bond donors (Lipinski definition) is 3. The first kappa shape index (κ1) is 22.2. The van der Waals surface area contributed by atoms with Crippen molar-refractivity contribution in [2.45, 2.75) is 63.3 Å². The quantitative estimate of drug-likeness (QED) is 0.470. The molecule has 1 atom stereocenters. The molecule has 0 aromatic heterocycles. The average molecular weight is 417 g/mol. The summed E-state index contributed by atoms with van der Waals surface area (Å²) in [5.74, 6) is 2.48. The van der Waals surface area contributed by atoms with Gasteiger partial charge in [-0.25, -0.2) is 0 Å². The van der Waals surface area contributed by atoms with Gasteiger partial charge in [0.15, 0.2) is 17.5 Å². The molecule has 1 aromatic carbocycles. The van der Waals surface area contributed by atoms with Gasteiger partial charge in [-0.2, -0.15) is 0 Å². The number of benzene rings is 1. The number of carbonyl (C=O) groups excluding carboxylic acids is 1. The van der Waals surface area contributed by atoms with E-state index in [1.54, 1.807) is 14.2 Å². The van der Waals surface area contributed by atoms with Crippen LogP contribution in [0.1, 0.15) is 57.4 Å². The number of nitrogens with one attached hydrogen (secondary N) is 3. The summed E-state index contributed by atoms with van der Waals surface area (Å²) in [6, 6.07) is 6.50. The minimum Gasteiger partial charge on any atom is -0.493 e. The van der Waals surface area contributed by atoms with Crippen LogP contribution in [0.2, 0.25) is 0 Å². The molecule has 1 aromatic rings. The third-order valence-electron chi connectivity index (χ3n) is 6.30. The van der Waals surface area contributed by atoms with E-state index in [0.29, 0.717) is 13.0 Å². The number of carbonyl (C=O) groups is 1. The molecular formula is C23H36N4O3. The minimum atomic E-state index is 0.000926. The number of rotatable bonds is 7. The van der Waals surface area contributed by atoms with Crippen molar-refractivity contribution < 1.29 is 14.3 Å². The van der Waals surface area contributed by atoms with Crippen LogP contribution in [-0.2, 0) is 10.2 Å². The maximum absolute atomic E-state index is 11.4. The topological polar surface area (TPSA) is 84.0 Å². The molecule has 0 radical (unpaired) electrons. The molecule has 30 heavy (non-hydrogen) atoms. The lowest BCUT2D eigenvalue weighted by Gasteiger charge is -2.37. The molecule has 1 amide bonds. The van der Waals surface area contributed by atoms with Gasteiger partial charge >= 0.3 is 0 Å². The highest BCUT2D eigenvalue weighted by molar-refractivity contribution is 5.81. The molecule has 166 valence electrons. The van der Waals surface area contributed by atoms with Crippen LogP contribution in [0.4, 0.5) is 0 Å². The molecule has 1 unspecified atom stereocenters. The van der Waals surface area contributed by atoms with Crippen LogP contribution in [0.3, 0.4) is 0 Å². The molecule has 2 aliphatic rings. The second kappa shape index (κ2) is 10.5. The highest BCUT2D eigenvalue weighted by atomic mass is 16.5. The van der Waals surface area contributed by atoms with E-state index in [0.717, 1.165) is 49.8 Å². The van der Waals surface area contributed by atoms with Crippen LogP contribution in [-0.4, -0.2) is 51.8 Å². The Balaban J connectivity index is 1.81. The summed E-state index contributed by atoms with van der Waals surface area (Å²) < 4.78 is 11.0. The Kier molecular flexibility index (Phi) is 7.82. The number of hydrogen-bond acceptors (Lipinski definition) is 4. The third kappa shape index (κ3) is 5.37. The summed E-state index contributed by atoms with van der Waals surface area (Å²) >= 11 is 0. The Bertz CT molecular complexity index is 734. The van der Waals surface area contributed by atoms with E-state index in [2.05, 4.69) is 35.0 Å². The molecule has 0 bridgehead atoms. The van der Waals surface area contributed by atoms with Crippen molar-refractivity contribution in [2.24, 2.45) is 4.99 Å². The maximum atomic E-state index is 11.4. The van der Waals surface area contributed by atoms with E-state index in [-0.39, 0.29) is 17.4 Å². The molecule has 1 aliphatic carbocycles. The Hall–Kier alpha value is -2.44. The zero-order chi connectivity index (χ0) is 21.4. The number of aliphatic imine (C=N–C) groups is 1. The standard InChI is InChI=1S/C23H36N4O3/c1-4-24-22(27-18-9-11-21(28)25-15-18)26-16-23(12-6-5-7-13-23)17-8-10-19(29-2)20(14-17)30-3/h8,10,14,18H,4-7,9,11-13,15-16H2,1-3H3,(H,25,28)(H2,24,26,27). The van der Waals surface area contributed by atoms with E-state index in [9.17, 15) is 4.79 Å². The number of nitrogens with zero attached hydrogens (tertiary/aromatic N) is 1. The fourth-order valence-electron chi connectivity index (χ4n) is 4.53. The second-order valence-corrected chi connectivity index (χ2v) is 8.29. The van der Waals surface area contributed by atoms with Crippen molar-refractivity contribution >= 4 is 11.9 Å². The Morgan fingerprint density at radius 3 is 2.60 bits per heavy atom. The summed E-state index contributed by atoms with van der Waals surface area (Å²) in [5, 5.41) is 9.81. The molecule has 0 spiro atoms. The van der Waals surface area contributed by atoms with Crippen molar-refractivity contribution in [1.82, 2.24) is 16.0 Å². The van der Waals surface area contributed by atoms with Gasteiger partial charge in [0.05, 0.1) is 20.8 Å². The maximum Gasteiger partial charge on any atom is 0.220 e. The van der Waals surface area contributed by atoms with Crippen LogP contribution < -0.4 is 25.4 Å². The first-order valence-electron chi connectivity index (χ1n) is 11.1. The van der Waals surface area contributed by atoms with Crippen molar-refractivity contribution in [1.29, 1.82) is 0 Å². The van der Waals surface area contributed by atoms with Gasteiger partial charge in [-0.05, 0) is 43.9 Å². The molecule has 3 N–H and O–H groups in total. The summed E-state index contributed by atoms with van der Waals surface area (Å²) in [6.07, 6.45) is 7.32. The number of ether oxygens (including phenoxy) is 2. The fourth-order valence-corrected chi connectivity index (χ4v) is 4.53. The van der Waals surface area contributed by atoms with Crippen molar-refractivity contribution in [2.75, 3.05) is 33.9 Å². The summed E-state index contributed by atoms with van der Waals surface area (Å²) in [6.45, 7) is 4.24. The average Bonchev–Trinajstić information content (AvgIpc) is 2.79. The van der Waals surface area contributed by atoms with Crippen LogP contribution in [0.5, 0.6) is 11.5 Å². The first-order valence-corrected chi connectivity index (χ1v) is 11.1. The minimum absolute atomic E-state index is 0.000926. The predicted octanol–water partition coefficient (Wildman–Crippen LogP) is 2.74. The first-order chi connectivity index (χ1) is 14.6. The molecule has 1 saturated carbocycles. The van der Waals surface area contributed by atoms with Crippen molar-refractivity contribution in [3.63, 3.8) is 0 Å². The lowest BCUT2D eigenvalue weighted by molar-refractivity contribution is -0.122. The summed E-state index contributed by atoms with van der Waals surface area (Å²) in [7, 11) is 3.35. The van der Waals surface area contributed by atoms with Crippen LogP contribution in [0.25, 0.3) is 0 Å². The monoisotopic (exact) mass is 416 g/mol. The van der Waals surface area contributed by atoms with Crippen LogP contribution >= 0.6 is 0 Å². The molecule has 1 aliphatic heterocycles. The SMILES string of the molecule is CCNC(=NCC1(c2ccc(OC)c(OC)c2)CCCCC1)NC1CCC(=O)NC1. The molecule has 2 fully saturated rings. The van der Waals surface area contributed by atoms with Gasteiger partial charge in [0.1, 0.15) is 0 Å². The van der Waals surface area contributed by atoms with E-state index >= 15 is 0 Å². The molecule has 3 rings (SSSR count). The van der Waals surface area contributed by atoms with Gasteiger partial charge in [0.25, 0.3) is 0 Å². The molecule has 1 heterocycles. The van der Waals surface area contributed by atoms with E-state index < -0.39 is 0 Å². The predicted molar refractivity (Wildman–Crippen MR) is 119 cm³/mol. The molecule has 7 heteroatoms. The molecule has 1 saturated heterocycles. The van der Waals surface area contributed by atoms with Crippen LogP contribution in [0, 0.1) is 0 Å². The smallest absolute Gasteiger partial charge is 0.220 e. The second-order valence-electron chi connectivity index (χ2n) is 8.29. The number of guanidine groups is 1. The van der Waals surface area contributed by atoms with E-state index in [4.69, 9.17) is 14.5 Å². The lowest BCUT2D eigenvalue weighted by Crippen LogP contribution is -2.51. The third-order valence-corrected chi connectivity index (χ3v) is 6.30. The fraction of sp³-hybridized carbons (Fsp3) is 0.652. The van der Waals surface area contributed by atoms with Gasteiger partial charge < -0.3 is 25.4 Å². The largest absolute Gasteiger partial charge is 0.493 e. The highest BCUT2D eigenvalue weighted by Gasteiger charge is 2.34. The van der Waals surface area contributed by atoms with E-state index in [1.165, 1.54) is 24.8 Å². The van der Waals surface area contributed by atoms with Gasteiger partial charge in [-0.1, -0.05) is 25.3 Å². The highest BCUT2D eigenvalue weighted by Crippen LogP contribution is 2.42. The van der Waals surface area contributed by atoms with Gasteiger partial charge in [0.2, 0.25) is 5.91 Å². The Labute approximate surface area is 180 Å². The zero-order valence-corrected chi connectivity index (χ0v) is 18.6. The number of methoxy groups -OCH3 is 2. The van der Waals surface area contributed by atoms with Crippen LogP contribution in [0.15, 0.2) is 23.2 Å². The normalized spacial score (nSPS) is 21.5. The van der Waals surface area contributed by atoms with E-state index in [1.807, 2.05) is 6.07 Å². The lowest BCUT2D eigenvalue weighted by atomic mass is 9.69. The Morgan fingerprint density at radius 1 is 1.20 bits per heavy atom. The Morgan fingerprint density at radius 2 is 1.97 bits per heavy atom. The zero-order valence-electron chi connectivity index (χ0n) is 18.6. The number of piperidine rings is 1. The van der Waals surface area contributed by atoms with Gasteiger partial charge in [-0.3, -0.25) is 9.79 Å². The van der Waals surface area contributed by atoms with Crippen molar-refractivity contribution in [3.05, 3.63) is 23.8 Å². The summed E-state index contributed by atoms with van der Waals surface area (Å²) in [5.41, 5.74) is 1.27.